The van der Waals surface area contributed by atoms with Crippen molar-refractivity contribution in [2.75, 3.05) is 6.61 Å². The molecule has 0 unspecified atom stereocenters. The van der Waals surface area contributed by atoms with E-state index >= 15 is 0 Å². The monoisotopic (exact) mass is 396 g/mol. The molecule has 0 fully saturated rings. The van der Waals surface area contributed by atoms with E-state index in [0.29, 0.717) is 10.0 Å². The first-order valence-electron chi connectivity index (χ1n) is 7.44. The molecule has 2 aromatic rings. The molecule has 2 aromatic carbocycles. The minimum atomic E-state index is -0.949. The highest BCUT2D eigenvalue weighted by Gasteiger charge is 2.21. The van der Waals surface area contributed by atoms with Crippen molar-refractivity contribution in [1.82, 2.24) is 5.32 Å². The molecule has 0 aliphatic rings. The minimum Gasteiger partial charge on any atom is -0.452 e. The molecular formula is C17H14Cl2N2O5. The Morgan fingerprint density at radius 1 is 1.19 bits per heavy atom. The van der Waals surface area contributed by atoms with Crippen LogP contribution in [0.5, 0.6) is 0 Å². The molecule has 1 atom stereocenters. The average molecular weight is 397 g/mol. The Morgan fingerprint density at radius 2 is 1.88 bits per heavy atom. The van der Waals surface area contributed by atoms with Gasteiger partial charge in [0.25, 0.3) is 11.6 Å². The molecule has 0 aliphatic heterocycles. The summed E-state index contributed by atoms with van der Waals surface area (Å²) in [7, 11) is 0. The van der Waals surface area contributed by atoms with Crippen molar-refractivity contribution in [2.45, 2.75) is 13.0 Å². The van der Waals surface area contributed by atoms with Crippen LogP contribution < -0.4 is 5.32 Å². The van der Waals surface area contributed by atoms with Crippen molar-refractivity contribution in [1.29, 1.82) is 0 Å². The van der Waals surface area contributed by atoms with Crippen molar-refractivity contribution in [3.63, 3.8) is 0 Å². The molecule has 1 amide bonds. The fraction of sp³-hybridized carbons (Fsp3) is 0.176. The smallest absolute Gasteiger partial charge is 0.345 e. The molecule has 0 spiro atoms. The number of halogens is 2. The van der Waals surface area contributed by atoms with Gasteiger partial charge in [-0.1, -0.05) is 41.4 Å². The number of carbonyl (C=O) groups excluding carboxylic acids is 2. The number of amides is 1. The first-order valence-corrected chi connectivity index (χ1v) is 8.20. The maximum atomic E-state index is 12.0. The number of hydrogen-bond acceptors (Lipinski definition) is 5. The molecule has 0 saturated carbocycles. The standard InChI is InChI=1S/C17H14Cl2N2O5/c1-10(11-6-7-13(18)14(19)8-11)20-16(22)9-26-17(23)12-4-2-3-5-15(12)21(24)25/h2-8,10H,9H2,1H3,(H,20,22)/t10-/m0/s1. The molecular weight excluding hydrogens is 383 g/mol. The molecule has 1 N–H and O–H groups in total. The van der Waals surface area contributed by atoms with Crippen LogP contribution in [0.1, 0.15) is 28.9 Å². The van der Waals surface area contributed by atoms with Gasteiger partial charge in [-0.2, -0.15) is 0 Å². The quantitative estimate of drug-likeness (QED) is 0.452. The first-order chi connectivity index (χ1) is 12.3. The van der Waals surface area contributed by atoms with Gasteiger partial charge in [0.15, 0.2) is 6.61 Å². The Bertz CT molecular complexity index is 857. The summed E-state index contributed by atoms with van der Waals surface area (Å²) < 4.78 is 4.86. The van der Waals surface area contributed by atoms with E-state index in [1.807, 2.05) is 0 Å². The fourth-order valence-corrected chi connectivity index (χ4v) is 2.47. The van der Waals surface area contributed by atoms with E-state index in [4.69, 9.17) is 27.9 Å². The SMILES string of the molecule is C[C@H](NC(=O)COC(=O)c1ccccc1[N+](=O)[O-])c1ccc(Cl)c(Cl)c1. The first kappa shape index (κ1) is 19.7. The van der Waals surface area contributed by atoms with Crippen molar-refractivity contribution in [3.05, 3.63) is 73.8 Å². The van der Waals surface area contributed by atoms with E-state index < -0.39 is 29.4 Å². The lowest BCUT2D eigenvalue weighted by atomic mass is 10.1. The molecule has 0 aliphatic carbocycles. The van der Waals surface area contributed by atoms with Gasteiger partial charge in [-0.25, -0.2) is 4.79 Å². The molecule has 0 saturated heterocycles. The van der Waals surface area contributed by atoms with Crippen molar-refractivity contribution in [3.8, 4) is 0 Å². The lowest BCUT2D eigenvalue weighted by molar-refractivity contribution is -0.385. The predicted molar refractivity (Wildman–Crippen MR) is 96.4 cm³/mol. The van der Waals surface area contributed by atoms with Gasteiger partial charge in [-0.15, -0.1) is 0 Å². The average Bonchev–Trinajstić information content (AvgIpc) is 2.61. The van der Waals surface area contributed by atoms with Crippen LogP contribution in [-0.2, 0) is 9.53 Å². The van der Waals surface area contributed by atoms with Crippen LogP contribution in [0.15, 0.2) is 42.5 Å². The van der Waals surface area contributed by atoms with Gasteiger partial charge in [0.05, 0.1) is 21.0 Å². The number of rotatable bonds is 6. The maximum absolute atomic E-state index is 12.0. The van der Waals surface area contributed by atoms with Crippen molar-refractivity contribution in [2.24, 2.45) is 0 Å². The molecule has 136 valence electrons. The van der Waals surface area contributed by atoms with Crippen LogP contribution in [0, 0.1) is 10.1 Å². The van der Waals surface area contributed by atoms with Crippen molar-refractivity contribution < 1.29 is 19.2 Å². The topological polar surface area (TPSA) is 98.5 Å². The molecule has 0 radical (unpaired) electrons. The predicted octanol–water partition coefficient (Wildman–Crippen LogP) is 3.94. The molecule has 0 bridgehead atoms. The van der Waals surface area contributed by atoms with Crippen LogP contribution >= 0.6 is 23.2 Å². The van der Waals surface area contributed by atoms with E-state index in [0.717, 1.165) is 5.56 Å². The van der Waals surface area contributed by atoms with E-state index in [1.54, 1.807) is 25.1 Å². The Labute approximate surface area is 159 Å². The summed E-state index contributed by atoms with van der Waals surface area (Å²) in [4.78, 5) is 34.2. The number of ether oxygens (including phenoxy) is 1. The third-order valence-corrected chi connectivity index (χ3v) is 4.22. The molecule has 7 nitrogen and oxygen atoms in total. The number of hydrogen-bond donors (Lipinski definition) is 1. The number of carbonyl (C=O) groups is 2. The van der Waals surface area contributed by atoms with Gasteiger partial charge in [0.1, 0.15) is 5.56 Å². The van der Waals surface area contributed by atoms with Gasteiger partial charge < -0.3 is 10.1 Å². The Hall–Kier alpha value is -2.64. The fourth-order valence-electron chi connectivity index (χ4n) is 2.16. The number of nitro benzene ring substituents is 1. The number of benzene rings is 2. The van der Waals surface area contributed by atoms with Gasteiger partial charge in [0, 0.05) is 6.07 Å². The third-order valence-electron chi connectivity index (χ3n) is 3.48. The van der Waals surface area contributed by atoms with E-state index in [2.05, 4.69) is 5.32 Å². The summed E-state index contributed by atoms with van der Waals surface area (Å²) in [5.41, 5.74) is 0.114. The summed E-state index contributed by atoms with van der Waals surface area (Å²) in [6, 6.07) is 9.88. The molecule has 9 heteroatoms. The molecule has 0 heterocycles. The number of esters is 1. The van der Waals surface area contributed by atoms with Gasteiger partial charge >= 0.3 is 5.97 Å². The molecule has 26 heavy (non-hydrogen) atoms. The Kier molecular flexibility index (Phi) is 6.54. The Balaban J connectivity index is 1.95. The normalized spacial score (nSPS) is 11.5. The molecule has 2 rings (SSSR count). The second-order valence-corrected chi connectivity index (χ2v) is 6.13. The zero-order valence-electron chi connectivity index (χ0n) is 13.6. The maximum Gasteiger partial charge on any atom is 0.345 e. The summed E-state index contributed by atoms with van der Waals surface area (Å²) in [5.74, 6) is -1.51. The lowest BCUT2D eigenvalue weighted by Gasteiger charge is -2.15. The Morgan fingerprint density at radius 3 is 2.54 bits per heavy atom. The second-order valence-electron chi connectivity index (χ2n) is 5.31. The summed E-state index contributed by atoms with van der Waals surface area (Å²) in [5, 5.41) is 14.3. The van der Waals surface area contributed by atoms with Gasteiger partial charge in [-0.3, -0.25) is 14.9 Å². The van der Waals surface area contributed by atoms with Gasteiger partial charge in [-0.05, 0) is 30.7 Å². The van der Waals surface area contributed by atoms with Gasteiger partial charge in [0.2, 0.25) is 0 Å². The summed E-state index contributed by atoms with van der Waals surface area (Å²) >= 11 is 11.8. The minimum absolute atomic E-state index is 0.220. The zero-order valence-corrected chi connectivity index (χ0v) is 15.1. The molecule has 0 aromatic heterocycles. The highest BCUT2D eigenvalue weighted by Crippen LogP contribution is 2.25. The van der Waals surface area contributed by atoms with Crippen LogP contribution in [0.2, 0.25) is 10.0 Å². The van der Waals surface area contributed by atoms with E-state index in [9.17, 15) is 19.7 Å². The number of nitrogens with zero attached hydrogens (tertiary/aromatic N) is 1. The van der Waals surface area contributed by atoms with Crippen molar-refractivity contribution >= 4 is 40.8 Å². The van der Waals surface area contributed by atoms with Crippen LogP contribution in [-0.4, -0.2) is 23.4 Å². The zero-order chi connectivity index (χ0) is 19.3. The van der Waals surface area contributed by atoms with Crippen LogP contribution in [0.25, 0.3) is 0 Å². The number of nitrogens with one attached hydrogen (secondary N) is 1. The van der Waals surface area contributed by atoms with Crippen LogP contribution in [0.4, 0.5) is 5.69 Å². The van der Waals surface area contributed by atoms with E-state index in [-0.39, 0.29) is 11.3 Å². The van der Waals surface area contributed by atoms with Crippen LogP contribution in [0.3, 0.4) is 0 Å². The largest absolute Gasteiger partial charge is 0.452 e. The third kappa shape index (κ3) is 4.93. The highest BCUT2D eigenvalue weighted by atomic mass is 35.5. The second kappa shape index (κ2) is 8.64. The number of nitro groups is 1. The summed E-state index contributed by atoms with van der Waals surface area (Å²) in [6.07, 6.45) is 0. The van der Waals surface area contributed by atoms with E-state index in [1.165, 1.54) is 24.3 Å². The highest BCUT2D eigenvalue weighted by molar-refractivity contribution is 6.42. The lowest BCUT2D eigenvalue weighted by Crippen LogP contribution is -2.31. The summed E-state index contributed by atoms with van der Waals surface area (Å²) in [6.45, 7) is 1.15. The number of para-hydroxylation sites is 1.